The Hall–Kier alpha value is -5.87. The van der Waals surface area contributed by atoms with Crippen molar-refractivity contribution in [1.82, 2.24) is 0 Å². The number of nitrogens with zero attached hydrogens (tertiary/aromatic N) is 1. The predicted octanol–water partition coefficient (Wildman–Crippen LogP) is 24.4. The SMILES string of the molecule is CC/C=C\C/C=C\C/C=C\C/C=C\C/C=C\C/C=C\C/C=C\C/C=C\CCCCCCCCCCCCCCC(=O)OCC(COC(OCC[N+](C)(C)C)C(=O)[O-])OC(=O)CCCCCCCCCCCCCC/C=C\C/C=C\C/C=C\C/C=C\C/C=C\C/C=C\C/C=C\C/C=C\CC. The van der Waals surface area contributed by atoms with Crippen LogP contribution in [0.4, 0.5) is 0 Å². The normalized spacial score (nSPS) is 13.7. The lowest BCUT2D eigenvalue weighted by Crippen LogP contribution is -2.44. The summed E-state index contributed by atoms with van der Waals surface area (Å²) in [6.07, 6.45) is 117. The van der Waals surface area contributed by atoms with Crippen LogP contribution in [0.15, 0.2) is 194 Å². The van der Waals surface area contributed by atoms with Gasteiger partial charge in [0.2, 0.25) is 0 Å². The van der Waals surface area contributed by atoms with E-state index in [1.165, 1.54) is 109 Å². The molecule has 0 aliphatic rings. The van der Waals surface area contributed by atoms with Crippen LogP contribution in [0.1, 0.15) is 296 Å². The first kappa shape index (κ1) is 93.1. The summed E-state index contributed by atoms with van der Waals surface area (Å²) in [6.45, 7) is 4.51. The molecule has 9 nitrogen and oxygen atoms in total. The van der Waals surface area contributed by atoms with Crippen LogP contribution in [0.25, 0.3) is 0 Å². The maximum atomic E-state index is 13.0. The summed E-state index contributed by atoms with van der Waals surface area (Å²) in [4.78, 5) is 37.6. The molecule has 0 radical (unpaired) electrons. The molecule has 0 N–H and O–H groups in total. The van der Waals surface area contributed by atoms with E-state index in [0.717, 1.165) is 154 Å². The first-order valence-corrected chi connectivity index (χ1v) is 39.6. The molecule has 0 amide bonds. The Morgan fingerprint density at radius 2 is 0.545 bits per heavy atom. The van der Waals surface area contributed by atoms with E-state index in [1.807, 2.05) is 21.1 Å². The lowest BCUT2D eigenvalue weighted by atomic mass is 10.0. The molecule has 0 saturated heterocycles. The number of hydrogen-bond acceptors (Lipinski definition) is 8. The summed E-state index contributed by atoms with van der Waals surface area (Å²) in [5, 5.41) is 11.9. The molecule has 0 aliphatic carbocycles. The van der Waals surface area contributed by atoms with Gasteiger partial charge in [0.25, 0.3) is 0 Å². The lowest BCUT2D eigenvalue weighted by Gasteiger charge is -2.26. The van der Waals surface area contributed by atoms with Crippen molar-refractivity contribution in [2.75, 3.05) is 47.5 Å². The number of carbonyl (C=O) groups excluding carboxylic acids is 3. The van der Waals surface area contributed by atoms with Crippen LogP contribution in [0.5, 0.6) is 0 Å². The molecule has 0 spiro atoms. The number of carboxylic acid groups (broad SMARTS) is 1. The van der Waals surface area contributed by atoms with Crippen molar-refractivity contribution >= 4 is 17.9 Å². The number of rotatable bonds is 71. The minimum absolute atomic E-state index is 0.139. The van der Waals surface area contributed by atoms with Gasteiger partial charge in [-0.05, 0) is 141 Å². The number of unbranched alkanes of at least 4 members (excludes halogenated alkanes) is 24. The predicted molar refractivity (Wildman–Crippen MR) is 425 cm³/mol. The van der Waals surface area contributed by atoms with Crippen molar-refractivity contribution < 1.29 is 42.9 Å². The molecule has 99 heavy (non-hydrogen) atoms. The highest BCUT2D eigenvalue weighted by atomic mass is 16.7. The summed E-state index contributed by atoms with van der Waals surface area (Å²) in [5.41, 5.74) is 0. The summed E-state index contributed by atoms with van der Waals surface area (Å²) in [6, 6.07) is 0. The van der Waals surface area contributed by atoms with E-state index in [2.05, 4.69) is 208 Å². The average molecular weight is 1370 g/mol. The van der Waals surface area contributed by atoms with Crippen LogP contribution in [-0.4, -0.2) is 82.3 Å². The largest absolute Gasteiger partial charge is 0.545 e. The van der Waals surface area contributed by atoms with E-state index in [0.29, 0.717) is 17.4 Å². The average Bonchev–Trinajstić information content (AvgIpc) is 1.41. The summed E-state index contributed by atoms with van der Waals surface area (Å²) in [7, 11) is 5.93. The molecule has 0 heterocycles. The smallest absolute Gasteiger partial charge is 0.306 e. The number of quaternary nitrogens is 1. The molecule has 558 valence electrons. The Labute approximate surface area is 608 Å². The number of carbonyl (C=O) groups is 3. The van der Waals surface area contributed by atoms with Crippen LogP contribution in [-0.2, 0) is 33.3 Å². The Morgan fingerprint density at radius 1 is 0.303 bits per heavy atom. The fourth-order valence-corrected chi connectivity index (χ4v) is 10.4. The van der Waals surface area contributed by atoms with Gasteiger partial charge in [-0.3, -0.25) is 9.59 Å². The molecule has 2 atom stereocenters. The third kappa shape index (κ3) is 79.3. The highest BCUT2D eigenvalue weighted by Crippen LogP contribution is 2.17. The van der Waals surface area contributed by atoms with Gasteiger partial charge in [0.15, 0.2) is 12.4 Å². The van der Waals surface area contributed by atoms with E-state index < -0.39 is 24.3 Å². The van der Waals surface area contributed by atoms with Crippen LogP contribution in [0.3, 0.4) is 0 Å². The summed E-state index contributed by atoms with van der Waals surface area (Å²) >= 11 is 0. The topological polar surface area (TPSA) is 111 Å². The van der Waals surface area contributed by atoms with Crippen LogP contribution >= 0.6 is 0 Å². The molecule has 0 bridgehead atoms. The molecule has 0 aliphatic heterocycles. The second-order valence-electron chi connectivity index (χ2n) is 26.9. The number of likely N-dealkylation sites (N-methyl/N-ethyl adjacent to an activating group) is 1. The number of esters is 2. The summed E-state index contributed by atoms with van der Waals surface area (Å²) < 4.78 is 22.8. The van der Waals surface area contributed by atoms with Gasteiger partial charge >= 0.3 is 11.9 Å². The zero-order chi connectivity index (χ0) is 71.8. The van der Waals surface area contributed by atoms with Gasteiger partial charge < -0.3 is 33.3 Å². The van der Waals surface area contributed by atoms with Crippen LogP contribution < -0.4 is 5.11 Å². The Morgan fingerprint density at radius 3 is 0.808 bits per heavy atom. The van der Waals surface area contributed by atoms with Crippen molar-refractivity contribution in [2.24, 2.45) is 0 Å². The Bertz CT molecular complexity index is 2340. The molecule has 0 aromatic rings. The number of ether oxygens (including phenoxy) is 4. The standard InChI is InChI=1S/C90H145NO8/c1-6-8-10-12-14-16-18-20-22-24-26-28-30-32-34-36-38-40-42-44-46-48-50-52-54-56-58-60-62-64-66-68-70-72-74-76-78-80-87(92)97-84-86(85-98-90(89(94)95)96-83-82-91(3,4)5)99-88(93)81-79-77-75-73-71-69-67-65-63-61-59-57-55-53-51-49-47-45-43-41-39-37-35-33-31-29-27-25-23-21-19-17-15-13-11-9-7-2/h8-11,14-17,20-23,26-29,32-35,38-41,44-47,50-53,86,90H,6-7,12-13,18-19,24-25,30-31,36-37,42-43,48-49,54-85H2,1-5H3/b10-8-,11-9-,16-14-,17-15-,22-20-,23-21-,28-26-,29-27-,34-32-,35-33-,40-38-,41-39-,46-44-,47-45-,52-50-,53-51-. The van der Waals surface area contributed by atoms with E-state index in [1.54, 1.807) is 0 Å². The highest BCUT2D eigenvalue weighted by molar-refractivity contribution is 5.70. The molecule has 0 aromatic carbocycles. The first-order chi connectivity index (χ1) is 48.6. The van der Waals surface area contributed by atoms with Crippen molar-refractivity contribution in [3.05, 3.63) is 194 Å². The lowest BCUT2D eigenvalue weighted by molar-refractivity contribution is -0.870. The molecule has 0 saturated carbocycles. The molecule has 9 heteroatoms. The number of aliphatic carboxylic acids is 1. The van der Waals surface area contributed by atoms with Gasteiger partial charge in [0, 0.05) is 12.8 Å². The van der Waals surface area contributed by atoms with Crippen molar-refractivity contribution in [3.8, 4) is 0 Å². The van der Waals surface area contributed by atoms with Crippen molar-refractivity contribution in [3.63, 3.8) is 0 Å². The molecule has 0 rings (SSSR count). The molecule has 2 unspecified atom stereocenters. The fourth-order valence-electron chi connectivity index (χ4n) is 10.4. The quantitative estimate of drug-likeness (QED) is 0.0195. The zero-order valence-corrected chi connectivity index (χ0v) is 63.8. The molecule has 0 fully saturated rings. The second kappa shape index (κ2) is 77.9. The Kier molecular flexibility index (Phi) is 73.2. The first-order valence-electron chi connectivity index (χ1n) is 39.6. The minimum atomic E-state index is -1.63. The minimum Gasteiger partial charge on any atom is -0.545 e. The maximum absolute atomic E-state index is 13.0. The number of allylic oxidation sites excluding steroid dienone is 32. The van der Waals surface area contributed by atoms with Gasteiger partial charge in [-0.1, -0.05) is 337 Å². The van der Waals surface area contributed by atoms with E-state index >= 15 is 0 Å². The van der Waals surface area contributed by atoms with E-state index in [9.17, 15) is 19.5 Å². The fraction of sp³-hybridized carbons (Fsp3) is 0.611. The van der Waals surface area contributed by atoms with Gasteiger partial charge in [-0.25, -0.2) is 0 Å². The zero-order valence-electron chi connectivity index (χ0n) is 63.8. The van der Waals surface area contributed by atoms with E-state index in [4.69, 9.17) is 18.9 Å². The third-order valence-electron chi connectivity index (χ3n) is 16.3. The van der Waals surface area contributed by atoms with Gasteiger partial charge in [-0.15, -0.1) is 0 Å². The molecular weight excluding hydrogens is 1220 g/mol. The van der Waals surface area contributed by atoms with Gasteiger partial charge in [0.1, 0.15) is 13.2 Å². The van der Waals surface area contributed by atoms with E-state index in [-0.39, 0.29) is 38.6 Å². The highest BCUT2D eigenvalue weighted by Gasteiger charge is 2.22. The van der Waals surface area contributed by atoms with Crippen LogP contribution in [0, 0.1) is 0 Å². The number of carboxylic acids is 1. The Balaban J connectivity index is 4.12. The number of hydrogen-bond donors (Lipinski definition) is 0. The van der Waals surface area contributed by atoms with Crippen LogP contribution in [0.2, 0.25) is 0 Å². The van der Waals surface area contributed by atoms with Crippen molar-refractivity contribution in [2.45, 2.75) is 309 Å². The molecule has 0 aromatic heterocycles. The van der Waals surface area contributed by atoms with Crippen molar-refractivity contribution in [1.29, 1.82) is 0 Å². The third-order valence-corrected chi connectivity index (χ3v) is 16.3. The van der Waals surface area contributed by atoms with Gasteiger partial charge in [0.05, 0.1) is 40.3 Å². The maximum Gasteiger partial charge on any atom is 0.306 e. The monoisotopic (exact) mass is 1370 g/mol. The summed E-state index contributed by atoms with van der Waals surface area (Å²) in [5.74, 6) is -2.30. The van der Waals surface area contributed by atoms with Gasteiger partial charge in [-0.2, -0.15) is 0 Å². The second-order valence-corrected chi connectivity index (χ2v) is 26.9. The molecular formula is C90H145NO8.